The summed E-state index contributed by atoms with van der Waals surface area (Å²) in [6.45, 7) is 5.40. The fourth-order valence-electron chi connectivity index (χ4n) is 3.29. The second-order valence-corrected chi connectivity index (χ2v) is 6.78. The quantitative estimate of drug-likeness (QED) is 0.591. The Morgan fingerprint density at radius 2 is 1.60 bits per heavy atom. The summed E-state index contributed by atoms with van der Waals surface area (Å²) in [5, 5.41) is 9.85. The molecule has 2 atom stereocenters. The van der Waals surface area contributed by atoms with E-state index in [4.69, 9.17) is 0 Å². The smallest absolute Gasteiger partial charge is 0.0682 e. The largest absolute Gasteiger partial charge is 0.392 e. The molecule has 0 aromatic rings. The third-order valence-electron chi connectivity index (χ3n) is 4.38. The fraction of sp³-hybridized carbons (Fsp3) is 1.00. The number of likely N-dealkylation sites (N-methyl/N-ethyl adjacent to an activating group) is 1. The average Bonchev–Trinajstić information content (AvgIpc) is 2.72. The first-order chi connectivity index (χ1) is 9.63. The predicted octanol–water partition coefficient (Wildman–Crippen LogP) is 3.12. The number of aliphatic hydroxyl groups is 1. The molecule has 1 saturated heterocycles. The van der Waals surface area contributed by atoms with Crippen LogP contribution in [-0.2, 0) is 0 Å². The third kappa shape index (κ3) is 7.61. The molecule has 0 saturated carbocycles. The number of hydrogen-bond donors (Lipinski definition) is 1. The number of hydrogen-bond acceptors (Lipinski definition) is 3. The van der Waals surface area contributed by atoms with E-state index in [1.54, 1.807) is 0 Å². The molecular weight excluding hydrogens is 248 g/mol. The highest BCUT2D eigenvalue weighted by atomic mass is 16.3. The number of aliphatic hydroxyl groups excluding tert-OH is 1. The van der Waals surface area contributed by atoms with E-state index in [0.717, 1.165) is 19.5 Å². The molecule has 0 aromatic heterocycles. The minimum Gasteiger partial charge on any atom is -0.392 e. The van der Waals surface area contributed by atoms with Gasteiger partial charge in [0.05, 0.1) is 6.10 Å². The zero-order chi connectivity index (χ0) is 14.8. The first-order valence-corrected chi connectivity index (χ1v) is 8.70. The van der Waals surface area contributed by atoms with Crippen molar-refractivity contribution in [3.8, 4) is 0 Å². The Morgan fingerprint density at radius 1 is 1.00 bits per heavy atom. The van der Waals surface area contributed by atoms with Crippen LogP contribution in [0.2, 0.25) is 0 Å². The van der Waals surface area contributed by atoms with E-state index in [2.05, 4.69) is 30.8 Å². The van der Waals surface area contributed by atoms with E-state index in [0.29, 0.717) is 6.04 Å². The molecule has 20 heavy (non-hydrogen) atoms. The number of rotatable bonds is 11. The summed E-state index contributed by atoms with van der Waals surface area (Å²) < 4.78 is 0. The van der Waals surface area contributed by atoms with Gasteiger partial charge in [0.1, 0.15) is 0 Å². The van der Waals surface area contributed by atoms with Gasteiger partial charge in [0.2, 0.25) is 0 Å². The molecule has 120 valence electrons. The maximum absolute atomic E-state index is 9.85. The molecule has 1 heterocycles. The zero-order valence-electron chi connectivity index (χ0n) is 14.0. The molecular formula is C17H36N2O. The Labute approximate surface area is 126 Å². The van der Waals surface area contributed by atoms with Crippen molar-refractivity contribution in [2.75, 3.05) is 33.7 Å². The van der Waals surface area contributed by atoms with Gasteiger partial charge in [-0.2, -0.15) is 0 Å². The highest BCUT2D eigenvalue weighted by Gasteiger charge is 2.30. The highest BCUT2D eigenvalue weighted by Crippen LogP contribution is 2.19. The molecule has 0 bridgehead atoms. The number of unbranched alkanes of at least 4 members (excludes halogenated alkanes) is 7. The van der Waals surface area contributed by atoms with Crippen molar-refractivity contribution in [1.29, 1.82) is 0 Å². The van der Waals surface area contributed by atoms with Crippen LogP contribution in [0.4, 0.5) is 0 Å². The van der Waals surface area contributed by atoms with Gasteiger partial charge in [0, 0.05) is 19.1 Å². The van der Waals surface area contributed by atoms with Gasteiger partial charge in [-0.1, -0.05) is 51.9 Å². The third-order valence-corrected chi connectivity index (χ3v) is 4.38. The van der Waals surface area contributed by atoms with E-state index < -0.39 is 0 Å². The van der Waals surface area contributed by atoms with Gasteiger partial charge in [0.15, 0.2) is 0 Å². The van der Waals surface area contributed by atoms with E-state index in [-0.39, 0.29) is 6.10 Å². The monoisotopic (exact) mass is 284 g/mol. The zero-order valence-corrected chi connectivity index (χ0v) is 14.0. The lowest BCUT2D eigenvalue weighted by atomic mass is 10.1. The normalized spacial score (nSPS) is 23.9. The Kier molecular flexibility index (Phi) is 9.49. The van der Waals surface area contributed by atoms with Gasteiger partial charge in [0.25, 0.3) is 0 Å². The van der Waals surface area contributed by atoms with Crippen LogP contribution in [0.1, 0.15) is 64.7 Å². The van der Waals surface area contributed by atoms with Crippen LogP contribution < -0.4 is 0 Å². The maximum Gasteiger partial charge on any atom is 0.0682 e. The van der Waals surface area contributed by atoms with Crippen molar-refractivity contribution in [2.45, 2.75) is 76.9 Å². The Hall–Kier alpha value is -0.120. The molecule has 0 amide bonds. The molecule has 1 fully saturated rings. The van der Waals surface area contributed by atoms with E-state index in [1.165, 1.54) is 57.9 Å². The van der Waals surface area contributed by atoms with Crippen molar-refractivity contribution in [3.63, 3.8) is 0 Å². The molecule has 1 aliphatic rings. The van der Waals surface area contributed by atoms with Gasteiger partial charge in [-0.15, -0.1) is 0 Å². The molecule has 1 rings (SSSR count). The summed E-state index contributed by atoms with van der Waals surface area (Å²) in [5.74, 6) is 0. The van der Waals surface area contributed by atoms with E-state index in [9.17, 15) is 5.11 Å². The van der Waals surface area contributed by atoms with Gasteiger partial charge >= 0.3 is 0 Å². The molecule has 0 aliphatic carbocycles. The summed E-state index contributed by atoms with van der Waals surface area (Å²) in [4.78, 5) is 4.74. The number of nitrogens with zero attached hydrogens (tertiary/aromatic N) is 2. The van der Waals surface area contributed by atoms with Crippen molar-refractivity contribution < 1.29 is 5.11 Å². The standard InChI is InChI=1S/C17H36N2O/c1-4-5-6-7-8-9-10-11-12-19-15-17(20)13-16(19)14-18(2)3/h16-17,20H,4-15H2,1-3H3. The second-order valence-electron chi connectivity index (χ2n) is 6.78. The van der Waals surface area contributed by atoms with Crippen LogP contribution in [0, 0.1) is 0 Å². The molecule has 0 spiro atoms. The van der Waals surface area contributed by atoms with Gasteiger partial charge in [-0.25, -0.2) is 0 Å². The maximum atomic E-state index is 9.85. The van der Waals surface area contributed by atoms with Crippen LogP contribution in [0.25, 0.3) is 0 Å². The summed E-state index contributed by atoms with van der Waals surface area (Å²) in [6.07, 6.45) is 11.9. The minimum absolute atomic E-state index is 0.103. The summed E-state index contributed by atoms with van der Waals surface area (Å²) in [5.41, 5.74) is 0. The van der Waals surface area contributed by atoms with Crippen molar-refractivity contribution in [1.82, 2.24) is 9.80 Å². The highest BCUT2D eigenvalue weighted by molar-refractivity contribution is 4.86. The molecule has 0 aromatic carbocycles. The lowest BCUT2D eigenvalue weighted by molar-refractivity contribution is 0.171. The number of likely N-dealkylation sites (tertiary alicyclic amines) is 1. The van der Waals surface area contributed by atoms with Crippen LogP contribution >= 0.6 is 0 Å². The van der Waals surface area contributed by atoms with Gasteiger partial charge in [-0.3, -0.25) is 4.90 Å². The van der Waals surface area contributed by atoms with Crippen LogP contribution in [0.5, 0.6) is 0 Å². The molecule has 1 N–H and O–H groups in total. The summed E-state index contributed by atoms with van der Waals surface area (Å²) in [7, 11) is 4.25. The molecule has 1 aliphatic heterocycles. The van der Waals surface area contributed by atoms with E-state index >= 15 is 0 Å². The second kappa shape index (κ2) is 10.6. The topological polar surface area (TPSA) is 26.7 Å². The first-order valence-electron chi connectivity index (χ1n) is 8.70. The number of β-amino-alcohol motifs (C(OH)–C–C–N with tert-alkyl or cyclic N) is 1. The lowest BCUT2D eigenvalue weighted by Gasteiger charge is -2.26. The van der Waals surface area contributed by atoms with Crippen LogP contribution in [0.3, 0.4) is 0 Å². The summed E-state index contributed by atoms with van der Waals surface area (Å²) in [6, 6.07) is 0.560. The average molecular weight is 284 g/mol. The first kappa shape index (κ1) is 17.9. The lowest BCUT2D eigenvalue weighted by Crippen LogP contribution is -2.38. The minimum atomic E-state index is -0.103. The van der Waals surface area contributed by atoms with Crippen molar-refractivity contribution >= 4 is 0 Å². The van der Waals surface area contributed by atoms with Gasteiger partial charge < -0.3 is 10.0 Å². The molecule has 2 unspecified atom stereocenters. The molecule has 3 heteroatoms. The molecule has 3 nitrogen and oxygen atoms in total. The predicted molar refractivity (Wildman–Crippen MR) is 87.1 cm³/mol. The van der Waals surface area contributed by atoms with Crippen LogP contribution in [-0.4, -0.2) is 60.8 Å². The molecule has 0 radical (unpaired) electrons. The SMILES string of the molecule is CCCCCCCCCCN1CC(O)CC1CN(C)C. The van der Waals surface area contributed by atoms with Crippen molar-refractivity contribution in [2.24, 2.45) is 0 Å². The Morgan fingerprint density at radius 3 is 2.20 bits per heavy atom. The Balaban J connectivity index is 2.05. The Bertz CT molecular complexity index is 233. The fourth-order valence-corrected chi connectivity index (χ4v) is 3.29. The van der Waals surface area contributed by atoms with E-state index in [1.807, 2.05) is 0 Å². The van der Waals surface area contributed by atoms with Crippen LogP contribution in [0.15, 0.2) is 0 Å². The summed E-state index contributed by atoms with van der Waals surface area (Å²) >= 11 is 0. The van der Waals surface area contributed by atoms with Gasteiger partial charge in [-0.05, 0) is 33.5 Å². The van der Waals surface area contributed by atoms with Crippen molar-refractivity contribution in [3.05, 3.63) is 0 Å².